The topological polar surface area (TPSA) is 126 Å². The molecule has 0 unspecified atom stereocenters. The lowest BCUT2D eigenvalue weighted by Gasteiger charge is -2.11. The first-order chi connectivity index (χ1) is 10.1. The molecule has 110 valence electrons. The van der Waals surface area contributed by atoms with Crippen molar-refractivity contribution in [1.82, 2.24) is 15.0 Å². The van der Waals surface area contributed by atoms with Gasteiger partial charge in [-0.2, -0.15) is 0 Å². The molecule has 8 heteroatoms. The minimum Gasteiger partial charge on any atom is -0.441 e. The lowest BCUT2D eigenvalue weighted by atomic mass is 10.1. The summed E-state index contributed by atoms with van der Waals surface area (Å²) in [6.45, 7) is -0.179. The molecule has 1 aromatic heterocycles. The highest BCUT2D eigenvalue weighted by atomic mass is 16.5. The van der Waals surface area contributed by atoms with E-state index in [1.54, 1.807) is 0 Å². The van der Waals surface area contributed by atoms with E-state index in [1.165, 1.54) is 10.9 Å². The fourth-order valence-electron chi connectivity index (χ4n) is 1.66. The largest absolute Gasteiger partial charge is 0.441 e. The summed E-state index contributed by atoms with van der Waals surface area (Å²) in [7, 11) is 0. The molecule has 0 aliphatic heterocycles. The summed E-state index contributed by atoms with van der Waals surface area (Å²) in [5.74, 6) is -1.26. The van der Waals surface area contributed by atoms with Gasteiger partial charge < -0.3 is 16.2 Å². The molecule has 0 saturated carbocycles. The van der Waals surface area contributed by atoms with Crippen LogP contribution >= 0.6 is 0 Å². The highest BCUT2D eigenvalue weighted by molar-refractivity contribution is 5.90. The molecule has 0 aliphatic carbocycles. The maximum absolute atomic E-state index is 11.8. The molecule has 1 aromatic carbocycles. The van der Waals surface area contributed by atoms with Gasteiger partial charge in [0, 0.05) is 0 Å². The zero-order valence-corrected chi connectivity index (χ0v) is 11.2. The first kappa shape index (κ1) is 14.7. The van der Waals surface area contributed by atoms with Crippen LogP contribution in [0.4, 0.5) is 0 Å². The van der Waals surface area contributed by atoms with E-state index >= 15 is 0 Å². The van der Waals surface area contributed by atoms with Crippen LogP contribution in [0.2, 0.25) is 0 Å². The van der Waals surface area contributed by atoms with Gasteiger partial charge in [0.1, 0.15) is 6.04 Å². The molecule has 21 heavy (non-hydrogen) atoms. The van der Waals surface area contributed by atoms with Gasteiger partial charge in [0.05, 0.1) is 6.20 Å². The van der Waals surface area contributed by atoms with E-state index in [4.69, 9.17) is 16.2 Å². The number of carbonyl (C=O) groups is 2. The number of rotatable bonds is 6. The van der Waals surface area contributed by atoms with E-state index in [-0.39, 0.29) is 12.4 Å². The number of aromatic nitrogens is 3. The van der Waals surface area contributed by atoms with E-state index in [0.717, 1.165) is 5.56 Å². The van der Waals surface area contributed by atoms with Gasteiger partial charge in [0.25, 0.3) is 5.91 Å². The summed E-state index contributed by atoms with van der Waals surface area (Å²) in [6, 6.07) is 8.61. The molecule has 1 amide bonds. The van der Waals surface area contributed by atoms with Crippen molar-refractivity contribution >= 4 is 11.9 Å². The van der Waals surface area contributed by atoms with E-state index in [1.807, 2.05) is 30.3 Å². The first-order valence-electron chi connectivity index (χ1n) is 6.22. The summed E-state index contributed by atoms with van der Waals surface area (Å²) in [5, 5.41) is 7.12. The smallest absolute Gasteiger partial charge is 0.325 e. The molecule has 8 nitrogen and oxygen atoms in total. The lowest BCUT2D eigenvalue weighted by Crippen LogP contribution is -2.34. The van der Waals surface area contributed by atoms with Gasteiger partial charge in [-0.1, -0.05) is 35.5 Å². The molecular weight excluding hydrogens is 274 g/mol. The van der Waals surface area contributed by atoms with Gasteiger partial charge >= 0.3 is 5.97 Å². The number of esters is 1. The molecule has 1 heterocycles. The summed E-state index contributed by atoms with van der Waals surface area (Å²) >= 11 is 0. The Hall–Kier alpha value is -2.74. The maximum atomic E-state index is 11.8. The Morgan fingerprint density at radius 2 is 2.00 bits per heavy atom. The number of amides is 1. The number of carbonyl (C=O) groups excluding carboxylic acids is 2. The second-order valence-electron chi connectivity index (χ2n) is 4.40. The highest BCUT2D eigenvalue weighted by Crippen LogP contribution is 2.03. The average Bonchev–Trinajstić information content (AvgIpc) is 2.95. The quantitative estimate of drug-likeness (QED) is 0.687. The summed E-state index contributed by atoms with van der Waals surface area (Å²) in [6.07, 6.45) is 1.67. The number of hydrogen-bond acceptors (Lipinski definition) is 6. The van der Waals surface area contributed by atoms with Crippen LogP contribution in [0.25, 0.3) is 0 Å². The van der Waals surface area contributed by atoms with Crippen LogP contribution in [0.3, 0.4) is 0 Å². The number of primary amides is 1. The van der Waals surface area contributed by atoms with E-state index in [0.29, 0.717) is 6.42 Å². The van der Waals surface area contributed by atoms with Gasteiger partial charge in [-0.15, -0.1) is 5.10 Å². The molecular formula is C13H15N5O3. The Kier molecular flexibility index (Phi) is 4.62. The third kappa shape index (κ3) is 4.11. The Balaban J connectivity index is 1.84. The number of nitrogens with zero attached hydrogens (tertiary/aromatic N) is 3. The molecule has 4 N–H and O–H groups in total. The Bertz CT molecular complexity index is 626. The molecule has 0 aliphatic rings. The van der Waals surface area contributed by atoms with Gasteiger partial charge in [0.15, 0.2) is 12.4 Å². The predicted octanol–water partition coefficient (Wildman–Crippen LogP) is -0.552. The molecule has 0 spiro atoms. The van der Waals surface area contributed by atoms with Gasteiger partial charge in [-0.05, 0) is 12.0 Å². The second kappa shape index (κ2) is 6.62. The van der Waals surface area contributed by atoms with Crippen molar-refractivity contribution in [3.8, 4) is 0 Å². The number of ether oxygens (including phenoxy) is 1. The molecule has 0 bridgehead atoms. The number of hydrogen-bond donors (Lipinski definition) is 2. The fourth-order valence-corrected chi connectivity index (χ4v) is 1.66. The Morgan fingerprint density at radius 3 is 2.62 bits per heavy atom. The van der Waals surface area contributed by atoms with E-state index < -0.39 is 17.9 Å². The summed E-state index contributed by atoms with van der Waals surface area (Å²) in [5.41, 5.74) is 11.8. The lowest BCUT2D eigenvalue weighted by molar-refractivity contribution is -0.149. The minimum absolute atomic E-state index is 0.000340. The molecule has 1 atom stereocenters. The van der Waals surface area contributed by atoms with E-state index in [9.17, 15) is 9.59 Å². The third-order valence-electron chi connectivity index (χ3n) is 2.73. The van der Waals surface area contributed by atoms with Crippen molar-refractivity contribution in [3.05, 3.63) is 47.8 Å². The molecule has 0 fully saturated rings. The van der Waals surface area contributed by atoms with Crippen LogP contribution in [0.5, 0.6) is 0 Å². The predicted molar refractivity (Wildman–Crippen MR) is 72.8 cm³/mol. The van der Waals surface area contributed by atoms with Gasteiger partial charge in [-0.3, -0.25) is 9.59 Å². The summed E-state index contributed by atoms with van der Waals surface area (Å²) in [4.78, 5) is 22.6. The van der Waals surface area contributed by atoms with Crippen LogP contribution in [-0.2, 0) is 22.7 Å². The number of nitrogens with two attached hydrogens (primary N) is 2. The van der Waals surface area contributed by atoms with Crippen LogP contribution in [-0.4, -0.2) is 32.9 Å². The number of benzene rings is 1. The van der Waals surface area contributed by atoms with Crippen LogP contribution in [0.1, 0.15) is 16.1 Å². The monoisotopic (exact) mass is 289 g/mol. The van der Waals surface area contributed by atoms with Crippen molar-refractivity contribution in [3.63, 3.8) is 0 Å². The highest BCUT2D eigenvalue weighted by Gasteiger charge is 2.16. The average molecular weight is 289 g/mol. The standard InChI is InChI=1S/C13H15N5O3/c14-10(6-9-4-2-1-3-5-9)13(20)21-8-18-7-11(12(15)19)16-17-18/h1-5,7,10H,6,8,14H2,(H2,15,19)/t10-/m0/s1. The Labute approximate surface area is 120 Å². The Morgan fingerprint density at radius 1 is 1.29 bits per heavy atom. The second-order valence-corrected chi connectivity index (χ2v) is 4.40. The zero-order valence-electron chi connectivity index (χ0n) is 11.2. The van der Waals surface area contributed by atoms with Crippen LogP contribution < -0.4 is 11.5 Å². The van der Waals surface area contributed by atoms with E-state index in [2.05, 4.69) is 10.3 Å². The van der Waals surface area contributed by atoms with Crippen molar-refractivity contribution in [2.75, 3.05) is 0 Å². The van der Waals surface area contributed by atoms with Crippen LogP contribution in [0, 0.1) is 0 Å². The van der Waals surface area contributed by atoms with Gasteiger partial charge in [0.2, 0.25) is 0 Å². The van der Waals surface area contributed by atoms with Crippen molar-refractivity contribution in [2.45, 2.75) is 19.2 Å². The molecule has 2 rings (SSSR count). The van der Waals surface area contributed by atoms with Gasteiger partial charge in [-0.25, -0.2) is 4.68 Å². The zero-order chi connectivity index (χ0) is 15.2. The molecule has 0 radical (unpaired) electrons. The summed E-state index contributed by atoms with van der Waals surface area (Å²) < 4.78 is 6.19. The van der Waals surface area contributed by atoms with Crippen molar-refractivity contribution in [2.24, 2.45) is 11.5 Å². The van der Waals surface area contributed by atoms with Crippen molar-refractivity contribution in [1.29, 1.82) is 0 Å². The van der Waals surface area contributed by atoms with Crippen LogP contribution in [0.15, 0.2) is 36.5 Å². The first-order valence-corrected chi connectivity index (χ1v) is 6.22. The SMILES string of the molecule is NC(=O)c1cn(COC(=O)[C@@H](N)Cc2ccccc2)nn1. The molecule has 2 aromatic rings. The van der Waals surface area contributed by atoms with Crippen molar-refractivity contribution < 1.29 is 14.3 Å². The normalized spacial score (nSPS) is 11.9. The minimum atomic E-state index is -0.772. The fraction of sp³-hybridized carbons (Fsp3) is 0.231. The maximum Gasteiger partial charge on any atom is 0.325 e. The molecule has 0 saturated heterocycles. The third-order valence-corrected chi connectivity index (χ3v) is 2.73.